The SMILES string of the molecule is CCC(CCCC(=O)CCP(=O)(OC)OC)C(=O)O. The van der Waals surface area contributed by atoms with Gasteiger partial charge in [0.05, 0.1) is 12.1 Å². The number of carbonyl (C=O) groups is 2. The Labute approximate surface area is 114 Å². The summed E-state index contributed by atoms with van der Waals surface area (Å²) >= 11 is 0. The highest BCUT2D eigenvalue weighted by Gasteiger charge is 2.22. The molecule has 1 unspecified atom stereocenters. The van der Waals surface area contributed by atoms with Crippen LogP contribution in [0.25, 0.3) is 0 Å². The molecule has 0 fully saturated rings. The number of carboxylic acid groups (broad SMARTS) is 1. The maximum atomic E-state index is 11.7. The molecule has 0 aromatic rings. The van der Waals surface area contributed by atoms with Gasteiger partial charge in [0.15, 0.2) is 0 Å². The molecule has 0 heterocycles. The Hall–Kier alpha value is -0.710. The molecule has 112 valence electrons. The van der Waals surface area contributed by atoms with Crippen molar-refractivity contribution in [3.63, 3.8) is 0 Å². The van der Waals surface area contributed by atoms with E-state index in [1.807, 2.05) is 6.92 Å². The highest BCUT2D eigenvalue weighted by atomic mass is 31.2. The average molecular weight is 294 g/mol. The fourth-order valence-corrected chi connectivity index (χ4v) is 2.73. The van der Waals surface area contributed by atoms with Crippen molar-refractivity contribution in [2.24, 2.45) is 5.92 Å². The van der Waals surface area contributed by atoms with Crippen LogP contribution in [-0.4, -0.2) is 37.2 Å². The molecule has 19 heavy (non-hydrogen) atoms. The van der Waals surface area contributed by atoms with Crippen LogP contribution in [0.4, 0.5) is 0 Å². The number of ketones is 1. The summed E-state index contributed by atoms with van der Waals surface area (Å²) in [7, 11) is -0.552. The molecule has 0 amide bonds. The minimum atomic E-state index is -3.12. The van der Waals surface area contributed by atoms with E-state index in [4.69, 9.17) is 14.2 Å². The van der Waals surface area contributed by atoms with E-state index in [0.717, 1.165) is 0 Å². The van der Waals surface area contributed by atoms with Crippen LogP contribution in [0.15, 0.2) is 0 Å². The molecule has 0 aromatic carbocycles. The normalized spacial score (nSPS) is 13.2. The third-order valence-electron chi connectivity index (χ3n) is 3.07. The first kappa shape index (κ1) is 18.3. The summed E-state index contributed by atoms with van der Waals surface area (Å²) in [5.74, 6) is -1.26. The first-order chi connectivity index (χ1) is 8.88. The van der Waals surface area contributed by atoms with Gasteiger partial charge in [-0.3, -0.25) is 14.2 Å². The van der Waals surface area contributed by atoms with Crippen molar-refractivity contribution < 1.29 is 28.3 Å². The van der Waals surface area contributed by atoms with E-state index in [1.165, 1.54) is 14.2 Å². The number of rotatable bonds is 11. The van der Waals surface area contributed by atoms with Crippen LogP contribution in [0, 0.1) is 5.92 Å². The fourth-order valence-electron chi connectivity index (χ4n) is 1.69. The Kier molecular flexibility index (Phi) is 8.89. The Morgan fingerprint density at radius 2 is 1.79 bits per heavy atom. The highest BCUT2D eigenvalue weighted by molar-refractivity contribution is 7.53. The van der Waals surface area contributed by atoms with E-state index in [1.54, 1.807) is 0 Å². The maximum absolute atomic E-state index is 11.7. The standard InChI is InChI=1S/C12H23O6P/c1-4-10(12(14)15)6-5-7-11(13)8-9-19(16,17-2)18-3/h10H,4-9H2,1-3H3,(H,14,15). The lowest BCUT2D eigenvalue weighted by atomic mass is 9.98. The van der Waals surface area contributed by atoms with Gasteiger partial charge in [0, 0.05) is 27.1 Å². The van der Waals surface area contributed by atoms with Crippen molar-refractivity contribution >= 4 is 19.3 Å². The molecule has 0 bridgehead atoms. The fraction of sp³-hybridized carbons (Fsp3) is 0.833. The van der Waals surface area contributed by atoms with Crippen molar-refractivity contribution in [1.82, 2.24) is 0 Å². The summed E-state index contributed by atoms with van der Waals surface area (Å²) in [5.41, 5.74) is 0. The first-order valence-electron chi connectivity index (χ1n) is 6.33. The van der Waals surface area contributed by atoms with Crippen LogP contribution in [0.1, 0.15) is 39.0 Å². The number of carbonyl (C=O) groups excluding carboxylic acids is 1. The zero-order valence-corrected chi connectivity index (χ0v) is 12.7. The second-order valence-corrected chi connectivity index (χ2v) is 6.72. The second-order valence-electron chi connectivity index (χ2n) is 4.32. The van der Waals surface area contributed by atoms with Crippen molar-refractivity contribution in [2.75, 3.05) is 20.4 Å². The van der Waals surface area contributed by atoms with E-state index < -0.39 is 19.5 Å². The predicted octanol–water partition coefficient (Wildman–Crippen LogP) is 2.71. The third-order valence-corrected chi connectivity index (χ3v) is 4.96. The van der Waals surface area contributed by atoms with Gasteiger partial charge in [0.2, 0.25) is 0 Å². The Bertz CT molecular complexity index is 333. The highest BCUT2D eigenvalue weighted by Crippen LogP contribution is 2.46. The molecule has 0 aromatic heterocycles. The lowest BCUT2D eigenvalue weighted by Gasteiger charge is -2.13. The van der Waals surface area contributed by atoms with Gasteiger partial charge in [-0.15, -0.1) is 0 Å². The molecule has 0 radical (unpaired) electrons. The molecule has 0 rings (SSSR count). The number of aliphatic carboxylic acids is 1. The summed E-state index contributed by atoms with van der Waals surface area (Å²) in [6.45, 7) is 1.81. The molecular weight excluding hydrogens is 271 g/mol. The topological polar surface area (TPSA) is 89.9 Å². The molecule has 1 N–H and O–H groups in total. The van der Waals surface area contributed by atoms with Gasteiger partial charge in [-0.25, -0.2) is 0 Å². The number of hydrogen-bond acceptors (Lipinski definition) is 5. The predicted molar refractivity (Wildman–Crippen MR) is 71.4 cm³/mol. The summed E-state index contributed by atoms with van der Waals surface area (Å²) in [4.78, 5) is 22.4. The van der Waals surface area contributed by atoms with E-state index in [0.29, 0.717) is 25.7 Å². The van der Waals surface area contributed by atoms with Crippen molar-refractivity contribution in [3.8, 4) is 0 Å². The van der Waals surface area contributed by atoms with E-state index in [9.17, 15) is 14.2 Å². The van der Waals surface area contributed by atoms with Crippen LogP contribution >= 0.6 is 7.60 Å². The molecule has 0 aliphatic rings. The van der Waals surface area contributed by atoms with Gasteiger partial charge in [0.25, 0.3) is 0 Å². The van der Waals surface area contributed by atoms with Crippen LogP contribution < -0.4 is 0 Å². The zero-order valence-electron chi connectivity index (χ0n) is 11.8. The molecule has 0 spiro atoms. The molecule has 0 saturated heterocycles. The summed E-state index contributed by atoms with van der Waals surface area (Å²) in [5, 5.41) is 8.86. The van der Waals surface area contributed by atoms with Crippen LogP contribution in [-0.2, 0) is 23.2 Å². The van der Waals surface area contributed by atoms with Crippen LogP contribution in [0.5, 0.6) is 0 Å². The molecule has 0 saturated carbocycles. The molecule has 6 nitrogen and oxygen atoms in total. The van der Waals surface area contributed by atoms with E-state index in [-0.39, 0.29) is 18.4 Å². The van der Waals surface area contributed by atoms with Crippen molar-refractivity contribution in [2.45, 2.75) is 39.0 Å². The summed E-state index contributed by atoms with van der Waals surface area (Å²) in [6.07, 6.45) is 2.08. The number of hydrogen-bond donors (Lipinski definition) is 1. The van der Waals surface area contributed by atoms with E-state index in [2.05, 4.69) is 0 Å². The van der Waals surface area contributed by atoms with Crippen molar-refractivity contribution in [1.29, 1.82) is 0 Å². The molecule has 7 heteroatoms. The average Bonchev–Trinajstić information content (AvgIpc) is 2.40. The maximum Gasteiger partial charge on any atom is 0.330 e. The Morgan fingerprint density at radius 3 is 2.21 bits per heavy atom. The molecule has 0 aliphatic carbocycles. The lowest BCUT2D eigenvalue weighted by molar-refractivity contribution is -0.142. The smallest absolute Gasteiger partial charge is 0.330 e. The zero-order chi connectivity index (χ0) is 14.9. The van der Waals surface area contributed by atoms with Gasteiger partial charge in [-0.1, -0.05) is 6.92 Å². The van der Waals surface area contributed by atoms with Gasteiger partial charge in [0.1, 0.15) is 5.78 Å². The Balaban J connectivity index is 3.94. The van der Waals surface area contributed by atoms with Crippen LogP contribution in [0.3, 0.4) is 0 Å². The lowest BCUT2D eigenvalue weighted by Crippen LogP contribution is -2.13. The molecular formula is C12H23O6P. The van der Waals surface area contributed by atoms with Crippen LogP contribution in [0.2, 0.25) is 0 Å². The number of carboxylic acids is 1. The third kappa shape index (κ3) is 7.45. The minimum Gasteiger partial charge on any atom is -0.481 e. The Morgan fingerprint density at radius 1 is 1.21 bits per heavy atom. The van der Waals surface area contributed by atoms with Crippen molar-refractivity contribution in [3.05, 3.63) is 0 Å². The van der Waals surface area contributed by atoms with Gasteiger partial charge < -0.3 is 14.2 Å². The second kappa shape index (κ2) is 9.23. The minimum absolute atomic E-state index is 0.0467. The molecule has 1 atom stereocenters. The van der Waals surface area contributed by atoms with E-state index >= 15 is 0 Å². The van der Waals surface area contributed by atoms with Gasteiger partial charge >= 0.3 is 13.6 Å². The first-order valence-corrected chi connectivity index (χ1v) is 8.06. The summed E-state index contributed by atoms with van der Waals surface area (Å²) in [6, 6.07) is 0. The van der Waals surface area contributed by atoms with Gasteiger partial charge in [-0.05, 0) is 19.3 Å². The summed E-state index contributed by atoms with van der Waals surface area (Å²) < 4.78 is 21.2. The number of Topliss-reactive ketones (excluding diaryl/α,β-unsaturated/α-hetero) is 1. The molecule has 0 aliphatic heterocycles. The largest absolute Gasteiger partial charge is 0.481 e. The monoisotopic (exact) mass is 294 g/mol. The quantitative estimate of drug-likeness (QED) is 0.589. The van der Waals surface area contributed by atoms with Gasteiger partial charge in [-0.2, -0.15) is 0 Å².